The van der Waals surface area contributed by atoms with Crippen LogP contribution >= 0.6 is 12.8 Å². The maximum Gasteiger partial charge on any atom is 0.105 e. The van der Waals surface area contributed by atoms with E-state index in [-0.39, 0.29) is 0 Å². The van der Waals surface area contributed by atoms with Gasteiger partial charge in [-0.05, 0) is 19.2 Å². The summed E-state index contributed by atoms with van der Waals surface area (Å²) in [5.41, 5.74) is 0. The molecule has 0 aliphatic carbocycles. The lowest BCUT2D eigenvalue weighted by Crippen LogP contribution is -1.96. The normalized spacial score (nSPS) is 14.9. The Morgan fingerprint density at radius 2 is 2.50 bits per heavy atom. The van der Waals surface area contributed by atoms with Crippen molar-refractivity contribution in [3.8, 4) is 0 Å². The highest BCUT2D eigenvalue weighted by atomic mass is 32.1. The molecule has 48 valence electrons. The Balaban J connectivity index is 3.10. The van der Waals surface area contributed by atoms with Crippen molar-refractivity contribution < 1.29 is 4.39 Å². The monoisotopic (exact) mass is 135 g/mol. The molecule has 0 saturated heterocycles. The minimum absolute atomic E-state index is 0.389. The molecule has 0 fully saturated rings. The summed E-state index contributed by atoms with van der Waals surface area (Å²) in [5.74, 6) is 0. The highest BCUT2D eigenvalue weighted by Gasteiger charge is 1.97. The molecule has 0 spiro atoms. The van der Waals surface area contributed by atoms with Crippen LogP contribution in [0.3, 0.4) is 0 Å². The number of alkyl halides is 1. The smallest absolute Gasteiger partial charge is 0.105 e. The van der Waals surface area contributed by atoms with Gasteiger partial charge < -0.3 is 0 Å². The van der Waals surface area contributed by atoms with Gasteiger partial charge in [0.15, 0.2) is 0 Å². The van der Waals surface area contributed by atoms with Crippen LogP contribution in [0.1, 0.15) is 19.8 Å². The third-order valence-corrected chi connectivity index (χ3v) is 1.05. The van der Waals surface area contributed by atoms with Crippen LogP contribution in [0, 0.1) is 0 Å². The predicted molar refractivity (Wildman–Crippen MR) is 37.3 cm³/mol. The van der Waals surface area contributed by atoms with E-state index in [4.69, 9.17) is 0 Å². The van der Waals surface area contributed by atoms with E-state index in [0.29, 0.717) is 12.8 Å². The van der Waals surface area contributed by atoms with Crippen LogP contribution in [0.15, 0.2) is 4.40 Å². The average molecular weight is 135 g/mol. The molecular weight excluding hydrogens is 125 g/mol. The lowest BCUT2D eigenvalue weighted by atomic mass is 10.2. The van der Waals surface area contributed by atoms with E-state index < -0.39 is 6.17 Å². The lowest BCUT2D eigenvalue weighted by Gasteiger charge is -1.95. The molecule has 0 bridgehead atoms. The first kappa shape index (κ1) is 7.95. The summed E-state index contributed by atoms with van der Waals surface area (Å²) in [6.45, 7) is 1.80. The second kappa shape index (κ2) is 5.09. The van der Waals surface area contributed by atoms with Crippen molar-refractivity contribution in [1.82, 2.24) is 0 Å². The van der Waals surface area contributed by atoms with Gasteiger partial charge in [-0.3, -0.25) is 0 Å². The summed E-state index contributed by atoms with van der Waals surface area (Å²) in [4.78, 5) is 0. The fraction of sp³-hybridized carbons (Fsp3) is 0.800. The molecule has 1 atom stereocenters. The van der Waals surface area contributed by atoms with Crippen LogP contribution < -0.4 is 0 Å². The first-order chi connectivity index (χ1) is 3.81. The van der Waals surface area contributed by atoms with E-state index in [0.717, 1.165) is 0 Å². The minimum atomic E-state index is -0.745. The third-order valence-electron chi connectivity index (χ3n) is 0.886. The van der Waals surface area contributed by atoms with Gasteiger partial charge in [-0.2, -0.15) is 0 Å². The Morgan fingerprint density at radius 1 is 1.88 bits per heavy atom. The molecule has 0 N–H and O–H groups in total. The Morgan fingerprint density at radius 3 is 2.88 bits per heavy atom. The molecular formula is C5H10FNS. The standard InChI is InChI=1S/C5H10FNS/c1-2-5(6)3-4-7-8/h4-5,8H,2-3H2,1H3/t5-/m0/s1. The van der Waals surface area contributed by atoms with Crippen molar-refractivity contribution in [3.05, 3.63) is 0 Å². The van der Waals surface area contributed by atoms with Gasteiger partial charge in [0.05, 0.1) is 0 Å². The number of halogens is 1. The molecule has 0 aromatic rings. The van der Waals surface area contributed by atoms with Gasteiger partial charge in [-0.1, -0.05) is 6.92 Å². The topological polar surface area (TPSA) is 12.4 Å². The van der Waals surface area contributed by atoms with Gasteiger partial charge >= 0.3 is 0 Å². The summed E-state index contributed by atoms with van der Waals surface area (Å²) >= 11 is 3.54. The van der Waals surface area contributed by atoms with E-state index in [1.54, 1.807) is 6.92 Å². The highest BCUT2D eigenvalue weighted by Crippen LogP contribution is 1.99. The highest BCUT2D eigenvalue weighted by molar-refractivity contribution is 7.78. The van der Waals surface area contributed by atoms with Gasteiger partial charge in [0.2, 0.25) is 0 Å². The van der Waals surface area contributed by atoms with E-state index in [9.17, 15) is 4.39 Å². The van der Waals surface area contributed by atoms with Crippen molar-refractivity contribution in [2.75, 3.05) is 0 Å². The van der Waals surface area contributed by atoms with Crippen molar-refractivity contribution in [1.29, 1.82) is 0 Å². The summed E-state index contributed by atoms with van der Waals surface area (Å²) in [5, 5.41) is 0. The predicted octanol–water partition coefficient (Wildman–Crippen LogP) is 2.04. The van der Waals surface area contributed by atoms with Crippen molar-refractivity contribution in [2.45, 2.75) is 25.9 Å². The fourth-order valence-corrected chi connectivity index (χ4v) is 0.422. The van der Waals surface area contributed by atoms with Crippen LogP contribution in [0.5, 0.6) is 0 Å². The van der Waals surface area contributed by atoms with E-state index >= 15 is 0 Å². The number of hydrogen-bond donors (Lipinski definition) is 1. The molecule has 0 saturated carbocycles. The fourth-order valence-electron chi connectivity index (χ4n) is 0.328. The van der Waals surface area contributed by atoms with Crippen molar-refractivity contribution >= 4 is 19.0 Å². The average Bonchev–Trinajstić information content (AvgIpc) is 1.83. The number of thiol groups is 1. The number of rotatable bonds is 3. The van der Waals surface area contributed by atoms with Crippen molar-refractivity contribution in [2.24, 2.45) is 4.40 Å². The molecule has 0 unspecified atom stereocenters. The quantitative estimate of drug-likeness (QED) is 0.449. The molecule has 0 aliphatic heterocycles. The maximum absolute atomic E-state index is 12.2. The van der Waals surface area contributed by atoms with E-state index in [1.165, 1.54) is 6.21 Å². The molecule has 0 amide bonds. The Kier molecular flexibility index (Phi) is 5.06. The molecule has 3 heteroatoms. The zero-order valence-electron chi connectivity index (χ0n) is 4.84. The molecule has 8 heavy (non-hydrogen) atoms. The molecule has 0 aromatic carbocycles. The Labute approximate surface area is 54.6 Å². The molecule has 1 nitrogen and oxygen atoms in total. The molecule has 0 heterocycles. The van der Waals surface area contributed by atoms with Gasteiger partial charge in [-0.25, -0.2) is 8.79 Å². The lowest BCUT2D eigenvalue weighted by molar-refractivity contribution is 0.336. The zero-order chi connectivity index (χ0) is 6.41. The maximum atomic E-state index is 12.2. The number of hydrogen-bond acceptors (Lipinski definition) is 2. The Bertz CT molecular complexity index is 74.8. The van der Waals surface area contributed by atoms with Crippen molar-refractivity contribution in [3.63, 3.8) is 0 Å². The van der Waals surface area contributed by atoms with Crippen LogP contribution in [-0.4, -0.2) is 12.4 Å². The summed E-state index contributed by atoms with van der Waals surface area (Å²) in [6.07, 6.45) is 1.67. The Hall–Kier alpha value is -0.0500. The van der Waals surface area contributed by atoms with Crippen LogP contribution in [0.25, 0.3) is 0 Å². The van der Waals surface area contributed by atoms with Gasteiger partial charge in [-0.15, -0.1) is 0 Å². The number of nitrogens with zero attached hydrogens (tertiary/aromatic N) is 1. The van der Waals surface area contributed by atoms with Gasteiger partial charge in [0.25, 0.3) is 0 Å². The second-order valence-electron chi connectivity index (χ2n) is 1.54. The van der Waals surface area contributed by atoms with Crippen LogP contribution in [0.2, 0.25) is 0 Å². The van der Waals surface area contributed by atoms with Gasteiger partial charge in [0, 0.05) is 12.6 Å². The second-order valence-corrected chi connectivity index (χ2v) is 1.77. The molecule has 0 aliphatic rings. The van der Waals surface area contributed by atoms with Gasteiger partial charge in [0.1, 0.15) is 6.17 Å². The largest absolute Gasteiger partial charge is 0.247 e. The molecule has 0 aromatic heterocycles. The zero-order valence-corrected chi connectivity index (χ0v) is 5.74. The first-order valence-electron chi connectivity index (χ1n) is 2.61. The third kappa shape index (κ3) is 4.12. The van der Waals surface area contributed by atoms with E-state index in [2.05, 4.69) is 17.2 Å². The van der Waals surface area contributed by atoms with E-state index in [1.807, 2.05) is 0 Å². The first-order valence-corrected chi connectivity index (χ1v) is 3.01. The summed E-state index contributed by atoms with van der Waals surface area (Å²) in [7, 11) is 0. The summed E-state index contributed by atoms with van der Waals surface area (Å²) < 4.78 is 15.5. The minimum Gasteiger partial charge on any atom is -0.247 e. The van der Waals surface area contributed by atoms with Crippen LogP contribution in [-0.2, 0) is 0 Å². The van der Waals surface area contributed by atoms with Crippen LogP contribution in [0.4, 0.5) is 4.39 Å². The molecule has 0 rings (SSSR count). The SMILES string of the molecule is CC[C@H](F)CC=NS. The summed E-state index contributed by atoms with van der Waals surface area (Å²) in [6, 6.07) is 0. The molecule has 0 radical (unpaired) electrons.